The summed E-state index contributed by atoms with van der Waals surface area (Å²) in [7, 11) is 1.85. The molecule has 1 amide bonds. The highest BCUT2D eigenvalue weighted by atomic mass is 35.5. The fraction of sp³-hybridized carbons (Fsp3) is 0.556. The lowest BCUT2D eigenvalue weighted by molar-refractivity contribution is -0.138. The molecule has 1 aromatic carbocycles. The average molecular weight is 368 g/mol. The number of aryl methyl sites for hydroxylation is 1. The van der Waals surface area contributed by atoms with E-state index in [0.29, 0.717) is 11.6 Å². The molecule has 7 heteroatoms. The predicted octanol–water partition coefficient (Wildman–Crippen LogP) is 2.46. The van der Waals surface area contributed by atoms with Gasteiger partial charge < -0.3 is 10.4 Å². The van der Waals surface area contributed by atoms with Crippen LogP contribution in [0.2, 0.25) is 5.02 Å². The van der Waals surface area contributed by atoms with Gasteiger partial charge in [0.25, 0.3) is 0 Å². The summed E-state index contributed by atoms with van der Waals surface area (Å²) in [6.07, 6.45) is 2.78. The minimum atomic E-state index is -0.806. The molecule has 1 aromatic rings. The minimum Gasteiger partial charge on any atom is -0.480 e. The summed E-state index contributed by atoms with van der Waals surface area (Å²) in [4.78, 5) is 27.2. The molecule has 0 spiro atoms. The third kappa shape index (κ3) is 6.30. The highest BCUT2D eigenvalue weighted by Gasteiger charge is 2.22. The number of likely N-dealkylation sites (N-methyl/N-ethyl adjacent to an activating group) is 1. The molecule has 1 aliphatic rings. The Morgan fingerprint density at radius 2 is 2.12 bits per heavy atom. The molecule has 1 fully saturated rings. The number of aliphatic carboxylic acids is 1. The molecule has 0 saturated carbocycles. The number of nitrogens with one attached hydrogen (secondary N) is 1. The number of rotatable bonds is 6. The number of carbonyl (C=O) groups is 2. The van der Waals surface area contributed by atoms with Crippen LogP contribution in [-0.2, 0) is 9.59 Å². The average Bonchev–Trinajstić information content (AvgIpc) is 2.76. The van der Waals surface area contributed by atoms with Crippen molar-refractivity contribution in [2.24, 2.45) is 0 Å². The van der Waals surface area contributed by atoms with E-state index in [0.717, 1.165) is 43.6 Å². The Balaban J connectivity index is 1.85. The lowest BCUT2D eigenvalue weighted by atomic mass is 10.1. The van der Waals surface area contributed by atoms with Crippen molar-refractivity contribution in [1.82, 2.24) is 9.80 Å². The molecule has 6 nitrogen and oxygen atoms in total. The number of carboxylic acid groups (broad SMARTS) is 1. The van der Waals surface area contributed by atoms with Crippen LogP contribution in [0.3, 0.4) is 0 Å². The van der Waals surface area contributed by atoms with Gasteiger partial charge >= 0.3 is 5.97 Å². The number of amides is 1. The van der Waals surface area contributed by atoms with E-state index in [1.54, 1.807) is 12.1 Å². The van der Waals surface area contributed by atoms with Crippen LogP contribution in [-0.4, -0.2) is 66.1 Å². The maximum atomic E-state index is 12.3. The first kappa shape index (κ1) is 19.7. The van der Waals surface area contributed by atoms with Gasteiger partial charge in [0.1, 0.15) is 0 Å². The van der Waals surface area contributed by atoms with Crippen molar-refractivity contribution in [3.05, 3.63) is 28.8 Å². The van der Waals surface area contributed by atoms with E-state index in [1.807, 2.05) is 24.9 Å². The number of anilines is 1. The summed E-state index contributed by atoms with van der Waals surface area (Å²) in [5, 5.41) is 12.4. The van der Waals surface area contributed by atoms with Crippen molar-refractivity contribution in [2.45, 2.75) is 32.2 Å². The summed E-state index contributed by atoms with van der Waals surface area (Å²) in [6, 6.07) is 5.69. The van der Waals surface area contributed by atoms with E-state index >= 15 is 0 Å². The Labute approximate surface area is 153 Å². The van der Waals surface area contributed by atoms with Crippen molar-refractivity contribution < 1.29 is 14.7 Å². The van der Waals surface area contributed by atoms with Gasteiger partial charge in [-0.15, -0.1) is 0 Å². The smallest absolute Gasteiger partial charge is 0.317 e. The van der Waals surface area contributed by atoms with Crippen LogP contribution in [0.15, 0.2) is 18.2 Å². The third-order valence-electron chi connectivity index (χ3n) is 4.64. The van der Waals surface area contributed by atoms with Crippen molar-refractivity contribution in [3.63, 3.8) is 0 Å². The molecule has 1 aliphatic heterocycles. The molecule has 1 unspecified atom stereocenters. The van der Waals surface area contributed by atoms with Crippen molar-refractivity contribution in [2.75, 3.05) is 38.5 Å². The second-order valence-electron chi connectivity index (χ2n) is 6.68. The fourth-order valence-corrected chi connectivity index (χ4v) is 3.37. The first-order chi connectivity index (χ1) is 11.8. The lowest BCUT2D eigenvalue weighted by Crippen LogP contribution is -2.37. The Hall–Kier alpha value is -1.63. The molecule has 0 aromatic heterocycles. The molecule has 0 bridgehead atoms. The first-order valence-corrected chi connectivity index (χ1v) is 8.93. The summed E-state index contributed by atoms with van der Waals surface area (Å²) in [6.45, 7) is 3.96. The quantitative estimate of drug-likeness (QED) is 0.808. The maximum absolute atomic E-state index is 12.3. The number of hydrogen-bond acceptors (Lipinski definition) is 4. The fourth-order valence-electron chi connectivity index (χ4n) is 3.20. The third-order valence-corrected chi connectivity index (χ3v) is 4.87. The molecule has 1 atom stereocenters. The van der Waals surface area contributed by atoms with Crippen LogP contribution in [0.5, 0.6) is 0 Å². The number of halogens is 1. The number of nitrogens with zero attached hydrogens (tertiary/aromatic N) is 2. The van der Waals surface area contributed by atoms with Gasteiger partial charge in [-0.25, -0.2) is 0 Å². The number of likely N-dealkylation sites (tertiary alicyclic amines) is 1. The van der Waals surface area contributed by atoms with Gasteiger partial charge in [0.2, 0.25) is 5.91 Å². The second-order valence-corrected chi connectivity index (χ2v) is 7.11. The zero-order valence-corrected chi connectivity index (χ0v) is 15.6. The minimum absolute atomic E-state index is 0.0530. The largest absolute Gasteiger partial charge is 0.480 e. The summed E-state index contributed by atoms with van der Waals surface area (Å²) in [5.41, 5.74) is 1.72. The molecular weight excluding hydrogens is 342 g/mol. The van der Waals surface area contributed by atoms with Gasteiger partial charge in [0, 0.05) is 23.3 Å². The summed E-state index contributed by atoms with van der Waals surface area (Å²) in [5.74, 6) is -0.859. The molecule has 1 heterocycles. The lowest BCUT2D eigenvalue weighted by Gasteiger charge is -2.25. The molecule has 25 heavy (non-hydrogen) atoms. The topological polar surface area (TPSA) is 72.9 Å². The van der Waals surface area contributed by atoms with E-state index in [-0.39, 0.29) is 18.5 Å². The van der Waals surface area contributed by atoms with Crippen LogP contribution in [0.4, 0.5) is 5.69 Å². The first-order valence-electron chi connectivity index (χ1n) is 8.55. The van der Waals surface area contributed by atoms with E-state index in [1.165, 1.54) is 0 Å². The molecule has 2 rings (SSSR count). The molecule has 2 N–H and O–H groups in total. The van der Waals surface area contributed by atoms with Crippen molar-refractivity contribution >= 4 is 29.2 Å². The van der Waals surface area contributed by atoms with E-state index in [9.17, 15) is 9.59 Å². The number of carbonyl (C=O) groups excluding carboxylic acids is 1. The van der Waals surface area contributed by atoms with Crippen molar-refractivity contribution in [3.8, 4) is 0 Å². The SMILES string of the molecule is Cc1ccc(Cl)cc1NC(=O)CN1CCCC(N(C)CC(=O)O)CC1. The zero-order valence-electron chi connectivity index (χ0n) is 14.8. The maximum Gasteiger partial charge on any atom is 0.317 e. The molecule has 0 aliphatic carbocycles. The molecule has 138 valence electrons. The van der Waals surface area contributed by atoms with Gasteiger partial charge in [0.05, 0.1) is 13.1 Å². The Morgan fingerprint density at radius 3 is 2.84 bits per heavy atom. The summed E-state index contributed by atoms with van der Waals surface area (Å²) >= 11 is 5.99. The molecule has 0 radical (unpaired) electrons. The summed E-state index contributed by atoms with van der Waals surface area (Å²) < 4.78 is 0. The Kier molecular flexibility index (Phi) is 7.23. The molecular formula is C18H26ClN3O3. The van der Waals surface area contributed by atoms with Gasteiger partial charge in [-0.2, -0.15) is 0 Å². The van der Waals surface area contributed by atoms with Gasteiger partial charge in [-0.1, -0.05) is 17.7 Å². The zero-order chi connectivity index (χ0) is 18.4. The van der Waals surface area contributed by atoms with E-state index in [2.05, 4.69) is 10.2 Å². The van der Waals surface area contributed by atoms with Crippen molar-refractivity contribution in [1.29, 1.82) is 0 Å². The standard InChI is InChI=1S/C18H26ClN3O3/c1-13-5-6-14(19)10-16(13)20-17(23)11-22-8-3-4-15(7-9-22)21(2)12-18(24)25/h5-6,10,15H,3-4,7-9,11-12H2,1-2H3,(H,20,23)(H,24,25). The Bertz CT molecular complexity index is 624. The van der Waals surface area contributed by atoms with Crippen LogP contribution < -0.4 is 5.32 Å². The van der Waals surface area contributed by atoms with Gasteiger partial charge in [-0.05, 0) is 57.5 Å². The predicted molar refractivity (Wildman–Crippen MR) is 99.2 cm³/mol. The second kappa shape index (κ2) is 9.17. The Morgan fingerprint density at radius 1 is 1.36 bits per heavy atom. The van der Waals surface area contributed by atoms with Gasteiger partial charge in [-0.3, -0.25) is 19.4 Å². The number of hydrogen-bond donors (Lipinski definition) is 2. The van der Waals surface area contributed by atoms with E-state index < -0.39 is 5.97 Å². The monoisotopic (exact) mass is 367 g/mol. The highest BCUT2D eigenvalue weighted by Crippen LogP contribution is 2.20. The number of carboxylic acids is 1. The highest BCUT2D eigenvalue weighted by molar-refractivity contribution is 6.31. The van der Waals surface area contributed by atoms with Crippen LogP contribution in [0.1, 0.15) is 24.8 Å². The molecule has 1 saturated heterocycles. The van der Waals surface area contributed by atoms with E-state index in [4.69, 9.17) is 16.7 Å². The van der Waals surface area contributed by atoms with Gasteiger partial charge in [0.15, 0.2) is 0 Å². The normalized spacial score (nSPS) is 18.8. The van der Waals surface area contributed by atoms with Crippen LogP contribution in [0.25, 0.3) is 0 Å². The van der Waals surface area contributed by atoms with Crippen LogP contribution >= 0.6 is 11.6 Å². The number of benzene rings is 1. The van der Waals surface area contributed by atoms with Crippen LogP contribution in [0, 0.1) is 6.92 Å².